The minimum Gasteiger partial charge on any atom is -0.497 e. The number of aromatic nitrogens is 1. The Bertz CT molecular complexity index is 657. The van der Waals surface area contributed by atoms with Crippen molar-refractivity contribution in [2.24, 2.45) is 0 Å². The Kier molecular flexibility index (Phi) is 4.07. The number of carbonyl (C=O) groups is 2. The lowest BCUT2D eigenvalue weighted by molar-refractivity contribution is 0.0651. The summed E-state index contributed by atoms with van der Waals surface area (Å²) in [6.45, 7) is 0. The smallest absolute Gasteiger partial charge is 0.374 e. The first-order valence-corrected chi connectivity index (χ1v) is 5.78. The number of benzene rings is 1. The third kappa shape index (κ3) is 3.30. The first-order valence-electron chi connectivity index (χ1n) is 5.78. The van der Waals surface area contributed by atoms with Gasteiger partial charge in [0.1, 0.15) is 11.5 Å². The lowest BCUT2D eigenvalue weighted by Crippen LogP contribution is -2.12. The van der Waals surface area contributed by atoms with E-state index in [0.29, 0.717) is 17.2 Å². The van der Waals surface area contributed by atoms with Gasteiger partial charge in [-0.1, -0.05) is 5.16 Å². The molecule has 21 heavy (non-hydrogen) atoms. The van der Waals surface area contributed by atoms with Crippen LogP contribution < -0.4 is 14.8 Å². The zero-order valence-electron chi connectivity index (χ0n) is 11.2. The number of carbonyl (C=O) groups excluding carboxylic acids is 1. The maximum absolute atomic E-state index is 11.9. The highest BCUT2D eigenvalue weighted by atomic mass is 16.5. The largest absolute Gasteiger partial charge is 0.497 e. The molecule has 0 unspecified atom stereocenters. The van der Waals surface area contributed by atoms with Crippen LogP contribution in [0, 0.1) is 0 Å². The van der Waals surface area contributed by atoms with E-state index in [-0.39, 0.29) is 5.69 Å². The highest BCUT2D eigenvalue weighted by Gasteiger charge is 2.17. The number of hydrogen-bond acceptors (Lipinski definition) is 6. The Labute approximate surface area is 119 Å². The number of anilines is 1. The van der Waals surface area contributed by atoms with Crippen LogP contribution >= 0.6 is 0 Å². The van der Waals surface area contributed by atoms with Crippen LogP contribution in [0.25, 0.3) is 0 Å². The lowest BCUT2D eigenvalue weighted by atomic mass is 10.2. The molecule has 0 aliphatic rings. The predicted molar refractivity (Wildman–Crippen MR) is 71.0 cm³/mol. The molecule has 0 bridgehead atoms. The number of amides is 1. The summed E-state index contributed by atoms with van der Waals surface area (Å²) in [5.74, 6) is -1.33. The number of carboxylic acid groups (broad SMARTS) is 1. The summed E-state index contributed by atoms with van der Waals surface area (Å²) in [6, 6.07) is 5.85. The monoisotopic (exact) mass is 292 g/mol. The molecule has 1 amide bonds. The number of ether oxygens (including phenoxy) is 2. The molecule has 0 radical (unpaired) electrons. The minimum atomic E-state index is -1.30. The summed E-state index contributed by atoms with van der Waals surface area (Å²) in [7, 11) is 2.97. The van der Waals surface area contributed by atoms with Crippen molar-refractivity contribution in [3.05, 3.63) is 35.7 Å². The average molecular weight is 292 g/mol. The molecule has 2 rings (SSSR count). The van der Waals surface area contributed by atoms with Crippen molar-refractivity contribution in [3.8, 4) is 11.5 Å². The van der Waals surface area contributed by atoms with Gasteiger partial charge in [0.15, 0.2) is 5.69 Å². The molecule has 0 atom stereocenters. The molecule has 1 heterocycles. The lowest BCUT2D eigenvalue weighted by Gasteiger charge is -2.08. The zero-order chi connectivity index (χ0) is 15.4. The van der Waals surface area contributed by atoms with Crippen LogP contribution in [0.5, 0.6) is 11.5 Å². The Hall–Kier alpha value is -3.03. The van der Waals surface area contributed by atoms with Crippen molar-refractivity contribution in [1.82, 2.24) is 5.16 Å². The summed E-state index contributed by atoms with van der Waals surface area (Å²) in [5.41, 5.74) is 0.269. The molecule has 0 aliphatic heterocycles. The Morgan fingerprint density at radius 1 is 1.14 bits per heavy atom. The van der Waals surface area contributed by atoms with E-state index in [4.69, 9.17) is 14.6 Å². The third-order valence-electron chi connectivity index (χ3n) is 2.56. The van der Waals surface area contributed by atoms with Gasteiger partial charge in [0.2, 0.25) is 5.76 Å². The first-order chi connectivity index (χ1) is 10.0. The molecule has 1 aromatic carbocycles. The molecule has 8 heteroatoms. The van der Waals surface area contributed by atoms with Crippen LogP contribution in [-0.2, 0) is 0 Å². The molecule has 0 fully saturated rings. The van der Waals surface area contributed by atoms with Crippen molar-refractivity contribution < 1.29 is 28.7 Å². The molecule has 0 aliphatic carbocycles. The Morgan fingerprint density at radius 3 is 2.24 bits per heavy atom. The highest BCUT2D eigenvalue weighted by Crippen LogP contribution is 2.26. The molecular formula is C13H12N2O6. The molecule has 1 aromatic heterocycles. The Morgan fingerprint density at radius 2 is 1.76 bits per heavy atom. The molecule has 8 nitrogen and oxygen atoms in total. The van der Waals surface area contributed by atoms with Gasteiger partial charge in [-0.05, 0) is 0 Å². The number of aromatic carboxylic acids is 1. The summed E-state index contributed by atoms with van der Waals surface area (Å²) >= 11 is 0. The van der Waals surface area contributed by atoms with Gasteiger partial charge in [-0.2, -0.15) is 0 Å². The normalized spacial score (nSPS) is 10.0. The van der Waals surface area contributed by atoms with Gasteiger partial charge in [0, 0.05) is 30.0 Å². The van der Waals surface area contributed by atoms with Crippen molar-refractivity contribution in [2.75, 3.05) is 19.5 Å². The van der Waals surface area contributed by atoms with Crippen LogP contribution in [0.1, 0.15) is 21.0 Å². The summed E-state index contributed by atoms with van der Waals surface area (Å²) < 4.78 is 14.7. The highest BCUT2D eigenvalue weighted by molar-refractivity contribution is 6.04. The van der Waals surface area contributed by atoms with Crippen LogP contribution in [0.2, 0.25) is 0 Å². The van der Waals surface area contributed by atoms with Crippen molar-refractivity contribution in [2.45, 2.75) is 0 Å². The first kappa shape index (κ1) is 14.4. The molecule has 0 saturated carbocycles. The van der Waals surface area contributed by atoms with Crippen molar-refractivity contribution in [1.29, 1.82) is 0 Å². The van der Waals surface area contributed by atoms with E-state index in [9.17, 15) is 9.59 Å². The molecule has 0 spiro atoms. The van der Waals surface area contributed by atoms with E-state index in [1.54, 1.807) is 18.2 Å². The van der Waals surface area contributed by atoms with E-state index in [2.05, 4.69) is 15.0 Å². The third-order valence-corrected chi connectivity index (χ3v) is 2.56. The fourth-order valence-electron chi connectivity index (χ4n) is 1.56. The number of nitrogens with zero attached hydrogens (tertiary/aromatic N) is 1. The SMILES string of the molecule is COc1cc(NC(=O)c2cc(C(=O)O)on2)cc(OC)c1. The summed E-state index contributed by atoms with van der Waals surface area (Å²) in [6.07, 6.45) is 0. The van der Waals surface area contributed by atoms with Gasteiger partial charge in [-0.25, -0.2) is 4.79 Å². The quantitative estimate of drug-likeness (QED) is 0.861. The number of hydrogen-bond donors (Lipinski definition) is 2. The van der Waals surface area contributed by atoms with Crippen molar-refractivity contribution in [3.63, 3.8) is 0 Å². The van der Waals surface area contributed by atoms with Crippen LogP contribution in [0.4, 0.5) is 5.69 Å². The van der Waals surface area contributed by atoms with Crippen LogP contribution in [0.3, 0.4) is 0 Å². The standard InChI is InChI=1S/C13H12N2O6/c1-19-8-3-7(4-9(5-8)20-2)14-12(16)10-6-11(13(17)18)21-15-10/h3-6H,1-2H3,(H,14,16)(H,17,18). The van der Waals surface area contributed by atoms with Crippen LogP contribution in [-0.4, -0.2) is 36.4 Å². The maximum Gasteiger partial charge on any atom is 0.374 e. The van der Waals surface area contributed by atoms with Gasteiger partial charge in [0.05, 0.1) is 14.2 Å². The number of rotatable bonds is 5. The minimum absolute atomic E-state index is 0.144. The fraction of sp³-hybridized carbons (Fsp3) is 0.154. The zero-order valence-corrected chi connectivity index (χ0v) is 11.2. The maximum atomic E-state index is 11.9. The van der Waals surface area contributed by atoms with E-state index >= 15 is 0 Å². The molecule has 2 N–H and O–H groups in total. The van der Waals surface area contributed by atoms with Gasteiger partial charge in [-0.15, -0.1) is 0 Å². The van der Waals surface area contributed by atoms with Gasteiger partial charge < -0.3 is 24.4 Å². The predicted octanol–water partition coefficient (Wildman–Crippen LogP) is 1.64. The second-order valence-corrected chi connectivity index (χ2v) is 3.94. The second kappa shape index (κ2) is 5.95. The summed E-state index contributed by atoms with van der Waals surface area (Å²) in [4.78, 5) is 22.6. The molecule has 0 saturated heterocycles. The second-order valence-electron chi connectivity index (χ2n) is 3.94. The topological polar surface area (TPSA) is 111 Å². The number of methoxy groups -OCH3 is 2. The number of carboxylic acids is 1. The van der Waals surface area contributed by atoms with Gasteiger partial charge in [0.25, 0.3) is 5.91 Å². The number of nitrogens with one attached hydrogen (secondary N) is 1. The Balaban J connectivity index is 2.20. The van der Waals surface area contributed by atoms with E-state index in [1.807, 2.05) is 0 Å². The van der Waals surface area contributed by atoms with Gasteiger partial charge in [-0.3, -0.25) is 4.79 Å². The summed E-state index contributed by atoms with van der Waals surface area (Å²) in [5, 5.41) is 14.6. The van der Waals surface area contributed by atoms with E-state index in [0.717, 1.165) is 6.07 Å². The molecule has 110 valence electrons. The van der Waals surface area contributed by atoms with E-state index < -0.39 is 17.6 Å². The fourth-order valence-corrected chi connectivity index (χ4v) is 1.56. The molecular weight excluding hydrogens is 280 g/mol. The average Bonchev–Trinajstić information content (AvgIpc) is 2.97. The van der Waals surface area contributed by atoms with E-state index in [1.165, 1.54) is 14.2 Å². The van der Waals surface area contributed by atoms with Crippen LogP contribution in [0.15, 0.2) is 28.8 Å². The van der Waals surface area contributed by atoms with Crippen molar-refractivity contribution >= 4 is 17.6 Å². The molecule has 2 aromatic rings. The van der Waals surface area contributed by atoms with Gasteiger partial charge >= 0.3 is 5.97 Å².